The van der Waals surface area contributed by atoms with Crippen LogP contribution < -0.4 is 0 Å². The third-order valence-electron chi connectivity index (χ3n) is 2.62. The zero-order chi connectivity index (χ0) is 9.94. The van der Waals surface area contributed by atoms with E-state index in [4.69, 9.17) is 0 Å². The van der Waals surface area contributed by atoms with Crippen LogP contribution >= 0.6 is 0 Å². The van der Waals surface area contributed by atoms with Gasteiger partial charge in [0, 0.05) is 0 Å². The van der Waals surface area contributed by atoms with E-state index in [2.05, 4.69) is 63.9 Å². The van der Waals surface area contributed by atoms with Crippen LogP contribution in [0.4, 0.5) is 0 Å². The van der Waals surface area contributed by atoms with Gasteiger partial charge in [0.15, 0.2) is 0 Å². The molecule has 0 spiro atoms. The summed E-state index contributed by atoms with van der Waals surface area (Å²) in [7, 11) is 12.7. The first-order valence-corrected chi connectivity index (χ1v) is 4.41. The van der Waals surface area contributed by atoms with Crippen molar-refractivity contribution in [3.8, 4) is 0 Å². The Hall–Kier alpha value is 0.423. The third-order valence-corrected chi connectivity index (χ3v) is 2.62. The van der Waals surface area contributed by atoms with Crippen molar-refractivity contribution >= 4 is 17.6 Å². The first kappa shape index (κ1) is 15.9. The summed E-state index contributed by atoms with van der Waals surface area (Å²) in [5.41, 5.74) is 0. The molecule has 3 nitrogen and oxygen atoms in total. The van der Waals surface area contributed by atoms with Gasteiger partial charge in [-0.3, -0.25) is 14.7 Å². The Morgan fingerprint density at radius 2 is 1.00 bits per heavy atom. The van der Waals surface area contributed by atoms with Gasteiger partial charge in [0.1, 0.15) is 5.79 Å². The molecule has 0 atom stereocenters. The zero-order valence-corrected chi connectivity index (χ0v) is 9.55. The van der Waals surface area contributed by atoms with Crippen molar-refractivity contribution < 1.29 is 0 Å². The molecule has 0 N–H and O–H groups in total. The molecule has 0 rings (SSSR count). The van der Waals surface area contributed by atoms with E-state index in [-0.39, 0.29) is 23.4 Å². The second-order valence-electron chi connectivity index (χ2n) is 3.81. The fraction of sp³-hybridized carbons (Fsp3) is 1.00. The molecule has 82 valence electrons. The van der Waals surface area contributed by atoms with Crippen LogP contribution in [0.15, 0.2) is 0 Å². The minimum absolute atomic E-state index is 0. The summed E-state index contributed by atoms with van der Waals surface area (Å²) in [6.45, 7) is 2.21. The monoisotopic (exact) mass is 251 g/mol. The van der Waals surface area contributed by atoms with Gasteiger partial charge in [0.05, 0.1) is 0 Å². The number of rotatable bonds is 4. The molecule has 4 heteroatoms. The average molecular weight is 250 g/mol. The molecule has 0 aliphatic heterocycles. The van der Waals surface area contributed by atoms with Gasteiger partial charge in [-0.1, -0.05) is 6.92 Å². The van der Waals surface area contributed by atoms with E-state index >= 15 is 0 Å². The Balaban J connectivity index is 0. The molecular weight excluding hydrogens is 223 g/mol. The van der Waals surface area contributed by atoms with Gasteiger partial charge in [-0.2, -0.15) is 0 Å². The molecule has 0 heterocycles. The number of nitrogens with zero attached hydrogens (tertiary/aromatic N) is 3. The van der Waals surface area contributed by atoms with Crippen LogP contribution in [-0.4, -0.2) is 80.4 Å². The van der Waals surface area contributed by atoms with E-state index in [1.165, 1.54) is 0 Å². The van der Waals surface area contributed by atoms with Gasteiger partial charge in [0.25, 0.3) is 0 Å². The molecule has 0 amide bonds. The molecule has 0 saturated heterocycles. The molecule has 0 aromatic rings. The summed E-state index contributed by atoms with van der Waals surface area (Å²) < 4.78 is 0. The Bertz CT molecular complexity index is 113. The fourth-order valence-corrected chi connectivity index (χ4v) is 2.15. The topological polar surface area (TPSA) is 9.72 Å². The molecule has 0 bridgehead atoms. The van der Waals surface area contributed by atoms with Crippen LogP contribution in [-0.2, 0) is 0 Å². The predicted molar refractivity (Wildman–Crippen MR) is 65.4 cm³/mol. The molecule has 0 unspecified atom stereocenters. The van der Waals surface area contributed by atoms with Gasteiger partial charge in [-0.25, -0.2) is 0 Å². The Morgan fingerprint density at radius 1 is 0.769 bits per heavy atom. The normalized spacial score (nSPS) is 12.5. The van der Waals surface area contributed by atoms with E-state index < -0.39 is 0 Å². The van der Waals surface area contributed by atoms with Crippen molar-refractivity contribution in [2.24, 2.45) is 0 Å². The molecule has 0 radical (unpaired) electrons. The van der Waals surface area contributed by atoms with Crippen molar-refractivity contribution in [3.05, 3.63) is 0 Å². The van der Waals surface area contributed by atoms with Crippen LogP contribution in [0.3, 0.4) is 0 Å². The van der Waals surface area contributed by atoms with Gasteiger partial charge >= 0.3 is 17.6 Å². The third kappa shape index (κ3) is 2.94. The second kappa shape index (κ2) is 6.01. The molecule has 0 aliphatic carbocycles. The Labute approximate surface area is 94.0 Å². The average Bonchev–Trinajstić information content (AvgIpc) is 1.86. The molecule has 0 saturated carbocycles. The van der Waals surface area contributed by atoms with Crippen molar-refractivity contribution in [2.45, 2.75) is 19.1 Å². The molecule has 0 aromatic carbocycles. The SMILES string of the molecule is CCC(N(C)C)(N(C)C)N(C)C.[GeH4]. The maximum atomic E-state index is 2.24. The predicted octanol–water partition coefficient (Wildman–Crippen LogP) is -0.717. The molecule has 13 heavy (non-hydrogen) atoms. The first-order chi connectivity index (χ1) is 5.39. The number of hydrogen-bond acceptors (Lipinski definition) is 3. The Morgan fingerprint density at radius 3 is 1.00 bits per heavy atom. The van der Waals surface area contributed by atoms with E-state index in [0.29, 0.717) is 0 Å². The standard InChI is InChI=1S/C9H23N3.GeH4/c1-8-9(10(2)3,11(4)5)12(6)7;/h8H2,1-7H3;1H4. The molecular formula is C9H27GeN3. The first-order valence-electron chi connectivity index (χ1n) is 4.41. The van der Waals surface area contributed by atoms with Crippen LogP contribution in [0, 0.1) is 0 Å². The van der Waals surface area contributed by atoms with E-state index in [9.17, 15) is 0 Å². The van der Waals surface area contributed by atoms with Gasteiger partial charge in [0.2, 0.25) is 0 Å². The minimum atomic E-state index is 0. The van der Waals surface area contributed by atoms with Gasteiger partial charge in [-0.05, 0) is 48.7 Å². The summed E-state index contributed by atoms with van der Waals surface area (Å²) in [5.74, 6) is 0.0417. The quantitative estimate of drug-likeness (QED) is 0.481. The Kier molecular flexibility index (Phi) is 7.34. The molecule has 0 aromatic heterocycles. The van der Waals surface area contributed by atoms with Crippen molar-refractivity contribution in [2.75, 3.05) is 42.3 Å². The number of hydrogen-bond donors (Lipinski definition) is 0. The van der Waals surface area contributed by atoms with Crippen molar-refractivity contribution in [1.82, 2.24) is 14.7 Å². The summed E-state index contributed by atoms with van der Waals surface area (Å²) in [6, 6.07) is 0. The summed E-state index contributed by atoms with van der Waals surface area (Å²) >= 11 is 0. The van der Waals surface area contributed by atoms with Crippen LogP contribution in [0.1, 0.15) is 13.3 Å². The van der Waals surface area contributed by atoms with Crippen LogP contribution in [0.25, 0.3) is 0 Å². The molecule has 0 fully saturated rings. The summed E-state index contributed by atoms with van der Waals surface area (Å²) in [4.78, 5) is 6.73. The van der Waals surface area contributed by atoms with Gasteiger partial charge in [-0.15, -0.1) is 0 Å². The van der Waals surface area contributed by atoms with E-state index in [0.717, 1.165) is 6.42 Å². The zero-order valence-electron chi connectivity index (χ0n) is 9.55. The summed E-state index contributed by atoms with van der Waals surface area (Å²) in [6.07, 6.45) is 1.08. The molecule has 0 aliphatic rings. The van der Waals surface area contributed by atoms with Crippen LogP contribution in [0.5, 0.6) is 0 Å². The van der Waals surface area contributed by atoms with Crippen molar-refractivity contribution in [3.63, 3.8) is 0 Å². The fourth-order valence-electron chi connectivity index (χ4n) is 2.15. The van der Waals surface area contributed by atoms with Gasteiger partial charge < -0.3 is 0 Å². The van der Waals surface area contributed by atoms with E-state index in [1.54, 1.807) is 0 Å². The maximum absolute atomic E-state index is 2.24. The summed E-state index contributed by atoms with van der Waals surface area (Å²) in [5, 5.41) is 0. The second-order valence-corrected chi connectivity index (χ2v) is 3.81. The van der Waals surface area contributed by atoms with E-state index in [1.807, 2.05) is 0 Å². The van der Waals surface area contributed by atoms with Crippen molar-refractivity contribution in [1.29, 1.82) is 0 Å². The van der Waals surface area contributed by atoms with Crippen LogP contribution in [0.2, 0.25) is 0 Å².